The molecule has 0 N–H and O–H groups in total. The van der Waals surface area contributed by atoms with E-state index in [1.807, 2.05) is 6.20 Å². The summed E-state index contributed by atoms with van der Waals surface area (Å²) in [6.45, 7) is 7.93. The molecule has 0 aliphatic carbocycles. The molecular formula is C21H26ClN3O. The zero-order valence-corrected chi connectivity index (χ0v) is 16.5. The summed E-state index contributed by atoms with van der Waals surface area (Å²) < 4.78 is 7.71. The number of aryl methyl sites for hydroxylation is 1. The van der Waals surface area contributed by atoms with E-state index in [4.69, 9.17) is 4.74 Å². The van der Waals surface area contributed by atoms with Crippen molar-refractivity contribution in [1.29, 1.82) is 0 Å². The highest BCUT2D eigenvalue weighted by molar-refractivity contribution is 5.92. The molecule has 4 rings (SSSR count). The van der Waals surface area contributed by atoms with Crippen molar-refractivity contribution in [1.82, 2.24) is 9.55 Å². The Morgan fingerprint density at radius 2 is 1.88 bits per heavy atom. The molecule has 0 radical (unpaired) electrons. The third-order valence-electron chi connectivity index (χ3n) is 5.47. The second kappa shape index (κ2) is 7.68. The minimum Gasteiger partial charge on any atom is -0.383 e. The second-order valence-corrected chi connectivity index (χ2v) is 6.82. The normalized spacial score (nSPS) is 13.6. The maximum atomic E-state index is 5.34. The fourth-order valence-electron chi connectivity index (χ4n) is 3.94. The highest BCUT2D eigenvalue weighted by atomic mass is 35.5. The Bertz CT molecular complexity index is 919. The number of hydrogen-bond donors (Lipinski definition) is 0. The number of ether oxygens (including phenoxy) is 1. The summed E-state index contributed by atoms with van der Waals surface area (Å²) in [5.74, 6) is 0. The van der Waals surface area contributed by atoms with Gasteiger partial charge in [-0.1, -0.05) is 24.3 Å². The van der Waals surface area contributed by atoms with Crippen LogP contribution < -0.4 is 4.90 Å². The Kier molecular flexibility index (Phi) is 5.54. The minimum absolute atomic E-state index is 0. The lowest BCUT2D eigenvalue weighted by molar-refractivity contribution is 0.188. The Morgan fingerprint density at radius 3 is 2.65 bits per heavy atom. The predicted octanol–water partition coefficient (Wildman–Crippen LogP) is 4.28. The number of halogens is 1. The Morgan fingerprint density at radius 1 is 1.12 bits per heavy atom. The maximum absolute atomic E-state index is 5.34. The van der Waals surface area contributed by atoms with Gasteiger partial charge in [0.15, 0.2) is 0 Å². The number of aromatic nitrogens is 2. The van der Waals surface area contributed by atoms with Crippen molar-refractivity contribution < 1.29 is 4.74 Å². The zero-order valence-electron chi connectivity index (χ0n) is 15.7. The largest absolute Gasteiger partial charge is 0.383 e. The van der Waals surface area contributed by atoms with E-state index in [0.717, 1.165) is 31.6 Å². The quantitative estimate of drug-likeness (QED) is 0.685. The van der Waals surface area contributed by atoms with Crippen LogP contribution in [0.15, 0.2) is 36.5 Å². The SMILES string of the molecule is COCCn1c(C)c(C)c2nccc(N3CCc4ccccc4C3)c21.Cl. The molecule has 1 aliphatic heterocycles. The van der Waals surface area contributed by atoms with Crippen LogP contribution in [0.3, 0.4) is 0 Å². The standard InChI is InChI=1S/C21H25N3O.ClH/c1-15-16(2)24(12-13-25-3)21-19(8-10-22-20(15)21)23-11-9-17-6-4-5-7-18(17)14-23;/h4-8,10H,9,11-14H2,1-3H3;1H. The van der Waals surface area contributed by atoms with Crippen LogP contribution in [0, 0.1) is 13.8 Å². The van der Waals surface area contributed by atoms with Crippen molar-refractivity contribution in [2.24, 2.45) is 0 Å². The van der Waals surface area contributed by atoms with Gasteiger partial charge in [0.05, 0.1) is 23.3 Å². The van der Waals surface area contributed by atoms with Crippen LogP contribution in [-0.4, -0.2) is 29.8 Å². The summed E-state index contributed by atoms with van der Waals surface area (Å²) in [5.41, 5.74) is 9.11. The minimum atomic E-state index is 0. The van der Waals surface area contributed by atoms with Crippen LogP contribution in [0.1, 0.15) is 22.4 Å². The first kappa shape index (κ1) is 18.7. The maximum Gasteiger partial charge on any atom is 0.0934 e. The molecule has 0 saturated carbocycles. The molecule has 138 valence electrons. The molecule has 0 spiro atoms. The molecule has 4 nitrogen and oxygen atoms in total. The highest BCUT2D eigenvalue weighted by Crippen LogP contribution is 2.34. The molecule has 26 heavy (non-hydrogen) atoms. The molecule has 0 amide bonds. The summed E-state index contributed by atoms with van der Waals surface area (Å²) >= 11 is 0. The third-order valence-corrected chi connectivity index (χ3v) is 5.47. The number of benzene rings is 1. The Balaban J connectivity index is 0.00000196. The van der Waals surface area contributed by atoms with Crippen molar-refractivity contribution >= 4 is 29.1 Å². The number of hydrogen-bond acceptors (Lipinski definition) is 3. The molecule has 5 heteroatoms. The average Bonchev–Trinajstić information content (AvgIpc) is 2.90. The molecule has 0 bridgehead atoms. The van der Waals surface area contributed by atoms with E-state index in [1.165, 1.54) is 33.6 Å². The molecule has 0 atom stereocenters. The number of fused-ring (bicyclic) bond motifs is 2. The lowest BCUT2D eigenvalue weighted by Crippen LogP contribution is -2.30. The van der Waals surface area contributed by atoms with Gasteiger partial charge in [0.2, 0.25) is 0 Å². The number of nitrogens with zero attached hydrogens (tertiary/aromatic N) is 3. The van der Waals surface area contributed by atoms with Gasteiger partial charge in [-0.25, -0.2) is 0 Å². The van der Waals surface area contributed by atoms with E-state index < -0.39 is 0 Å². The lowest BCUT2D eigenvalue weighted by atomic mass is 9.99. The van der Waals surface area contributed by atoms with Gasteiger partial charge < -0.3 is 14.2 Å². The van der Waals surface area contributed by atoms with E-state index in [9.17, 15) is 0 Å². The van der Waals surface area contributed by atoms with E-state index in [0.29, 0.717) is 6.61 Å². The molecule has 0 saturated heterocycles. The summed E-state index contributed by atoms with van der Waals surface area (Å²) in [4.78, 5) is 7.18. The summed E-state index contributed by atoms with van der Waals surface area (Å²) in [6.07, 6.45) is 3.04. The van der Waals surface area contributed by atoms with Crippen molar-refractivity contribution in [3.8, 4) is 0 Å². The van der Waals surface area contributed by atoms with Gasteiger partial charge in [0.1, 0.15) is 0 Å². The van der Waals surface area contributed by atoms with Gasteiger partial charge in [0.25, 0.3) is 0 Å². The molecule has 2 aromatic heterocycles. The second-order valence-electron chi connectivity index (χ2n) is 6.82. The van der Waals surface area contributed by atoms with E-state index >= 15 is 0 Å². The molecule has 1 aromatic carbocycles. The van der Waals surface area contributed by atoms with Crippen LogP contribution >= 0.6 is 12.4 Å². The molecule has 0 unspecified atom stereocenters. The van der Waals surface area contributed by atoms with E-state index in [-0.39, 0.29) is 12.4 Å². The number of pyridine rings is 1. The van der Waals surface area contributed by atoms with Gasteiger partial charge in [-0.2, -0.15) is 0 Å². The van der Waals surface area contributed by atoms with E-state index in [1.54, 1.807) is 7.11 Å². The number of anilines is 1. The van der Waals surface area contributed by atoms with Crippen molar-refractivity contribution in [3.05, 3.63) is 58.9 Å². The zero-order chi connectivity index (χ0) is 17.4. The first-order valence-electron chi connectivity index (χ1n) is 8.95. The van der Waals surface area contributed by atoms with E-state index in [2.05, 4.69) is 58.6 Å². The van der Waals surface area contributed by atoms with Gasteiger partial charge in [-0.05, 0) is 43.0 Å². The lowest BCUT2D eigenvalue weighted by Gasteiger charge is -2.31. The topological polar surface area (TPSA) is 30.3 Å². The van der Waals surface area contributed by atoms with Gasteiger partial charge >= 0.3 is 0 Å². The predicted molar refractivity (Wildman–Crippen MR) is 110 cm³/mol. The average molecular weight is 372 g/mol. The smallest absolute Gasteiger partial charge is 0.0934 e. The molecular weight excluding hydrogens is 346 g/mol. The fraction of sp³-hybridized carbons (Fsp3) is 0.381. The Hall–Kier alpha value is -2.04. The van der Waals surface area contributed by atoms with Crippen LogP contribution in [0.4, 0.5) is 5.69 Å². The van der Waals surface area contributed by atoms with Crippen molar-refractivity contribution in [3.63, 3.8) is 0 Å². The van der Waals surface area contributed by atoms with Gasteiger partial charge in [0, 0.05) is 38.6 Å². The van der Waals surface area contributed by atoms with Gasteiger partial charge in [-0.3, -0.25) is 4.98 Å². The van der Waals surface area contributed by atoms with Crippen molar-refractivity contribution in [2.45, 2.75) is 33.4 Å². The first-order chi connectivity index (χ1) is 12.2. The first-order valence-corrected chi connectivity index (χ1v) is 8.95. The molecule has 0 fully saturated rings. The number of rotatable bonds is 4. The number of methoxy groups -OCH3 is 1. The Labute approximate surface area is 161 Å². The van der Waals surface area contributed by atoms with Crippen LogP contribution in [-0.2, 0) is 24.2 Å². The molecule has 1 aliphatic rings. The highest BCUT2D eigenvalue weighted by Gasteiger charge is 2.22. The monoisotopic (exact) mass is 371 g/mol. The van der Waals surface area contributed by atoms with Crippen molar-refractivity contribution in [2.75, 3.05) is 25.2 Å². The van der Waals surface area contributed by atoms with Crippen LogP contribution in [0.25, 0.3) is 11.0 Å². The summed E-state index contributed by atoms with van der Waals surface area (Å²) in [5, 5.41) is 0. The van der Waals surface area contributed by atoms with Crippen LogP contribution in [0.5, 0.6) is 0 Å². The fourth-order valence-corrected chi connectivity index (χ4v) is 3.94. The molecule has 3 aromatic rings. The van der Waals surface area contributed by atoms with Gasteiger partial charge in [-0.15, -0.1) is 12.4 Å². The third kappa shape index (κ3) is 3.08. The van der Waals surface area contributed by atoms with Crippen LogP contribution in [0.2, 0.25) is 0 Å². The summed E-state index contributed by atoms with van der Waals surface area (Å²) in [7, 11) is 1.76. The summed E-state index contributed by atoms with van der Waals surface area (Å²) in [6, 6.07) is 10.9. The molecule has 3 heterocycles.